The van der Waals surface area contributed by atoms with Crippen LogP contribution in [0.15, 0.2) is 29.7 Å². The lowest BCUT2D eigenvalue weighted by Gasteiger charge is -2.13. The molecule has 0 saturated carbocycles. The van der Waals surface area contributed by atoms with Crippen LogP contribution in [0.4, 0.5) is 5.69 Å². The monoisotopic (exact) mass is 351 g/mol. The van der Waals surface area contributed by atoms with Crippen LogP contribution in [-0.4, -0.2) is 33.7 Å². The van der Waals surface area contributed by atoms with Crippen molar-refractivity contribution in [3.63, 3.8) is 0 Å². The summed E-state index contributed by atoms with van der Waals surface area (Å²) in [5, 5.41) is 22.7. The van der Waals surface area contributed by atoms with E-state index in [4.69, 9.17) is 17.0 Å². The van der Waals surface area contributed by atoms with E-state index in [2.05, 4.69) is 6.58 Å². The number of ether oxygens (including phenoxy) is 1. The molecule has 1 amide bonds. The van der Waals surface area contributed by atoms with Crippen LogP contribution in [0.1, 0.15) is 5.56 Å². The third-order valence-electron chi connectivity index (χ3n) is 2.96. The molecule has 0 atom stereocenters. The minimum Gasteiger partial charge on any atom is -0.865 e. The lowest BCUT2D eigenvalue weighted by Crippen LogP contribution is -2.27. The number of benzene rings is 1. The summed E-state index contributed by atoms with van der Waals surface area (Å²) < 4.78 is 5.24. The van der Waals surface area contributed by atoms with Gasteiger partial charge in [-0.15, -0.1) is 6.58 Å². The van der Waals surface area contributed by atoms with Crippen LogP contribution in [0.2, 0.25) is 0 Å². The smallest absolute Gasteiger partial charge is 0.266 e. The van der Waals surface area contributed by atoms with Gasteiger partial charge in [-0.2, -0.15) is 0 Å². The standard InChI is InChI=1S/C14H12N2O5S2/c1-3-4-15-13(18)11(23-14(15)22)7-8-5-9(16(19)20)12(17)10(6-8)21-2/h3,5-7,17H,1,4H2,2H3/p-1/b11-7+. The van der Waals surface area contributed by atoms with Gasteiger partial charge < -0.3 is 9.84 Å². The van der Waals surface area contributed by atoms with Crippen molar-refractivity contribution in [3.05, 3.63) is 45.4 Å². The Balaban J connectivity index is 2.45. The first-order valence-electron chi connectivity index (χ1n) is 6.28. The molecule has 23 heavy (non-hydrogen) atoms. The van der Waals surface area contributed by atoms with Crippen LogP contribution in [-0.2, 0) is 4.79 Å². The topological polar surface area (TPSA) is 95.7 Å². The third kappa shape index (κ3) is 3.35. The summed E-state index contributed by atoms with van der Waals surface area (Å²) in [7, 11) is 1.24. The molecule has 1 aliphatic rings. The zero-order valence-electron chi connectivity index (χ0n) is 12.0. The molecule has 1 aromatic rings. The second-order valence-corrected chi connectivity index (χ2v) is 6.09. The van der Waals surface area contributed by atoms with E-state index < -0.39 is 16.4 Å². The summed E-state index contributed by atoms with van der Waals surface area (Å²) in [6, 6.07) is 2.44. The zero-order chi connectivity index (χ0) is 17.1. The van der Waals surface area contributed by atoms with Crippen molar-refractivity contribution in [3.8, 4) is 11.5 Å². The van der Waals surface area contributed by atoms with Crippen molar-refractivity contribution in [2.24, 2.45) is 0 Å². The molecule has 9 heteroatoms. The largest absolute Gasteiger partial charge is 0.865 e. The minimum atomic E-state index is -0.811. The fourth-order valence-electron chi connectivity index (χ4n) is 1.92. The van der Waals surface area contributed by atoms with Crippen LogP contribution < -0.4 is 9.84 Å². The normalized spacial score (nSPS) is 16.0. The van der Waals surface area contributed by atoms with E-state index in [9.17, 15) is 20.0 Å². The SMILES string of the molecule is C=CCN1C(=O)/C(=C\c2cc(OC)c([O-])c([N+](=O)[O-])c2)SC1=S. The fourth-order valence-corrected chi connectivity index (χ4v) is 3.19. The quantitative estimate of drug-likeness (QED) is 0.263. The Bertz CT molecular complexity index is 745. The Kier molecular flexibility index (Phi) is 5.02. The van der Waals surface area contributed by atoms with E-state index in [0.717, 1.165) is 17.8 Å². The predicted molar refractivity (Wildman–Crippen MR) is 89.2 cm³/mol. The van der Waals surface area contributed by atoms with Crippen LogP contribution in [0.25, 0.3) is 6.08 Å². The summed E-state index contributed by atoms with van der Waals surface area (Å²) in [4.78, 5) is 24.1. The van der Waals surface area contributed by atoms with E-state index in [1.165, 1.54) is 24.2 Å². The number of rotatable bonds is 5. The summed E-state index contributed by atoms with van der Waals surface area (Å²) in [6.45, 7) is 3.84. The number of amides is 1. The van der Waals surface area contributed by atoms with E-state index >= 15 is 0 Å². The zero-order valence-corrected chi connectivity index (χ0v) is 13.6. The van der Waals surface area contributed by atoms with Gasteiger partial charge in [-0.3, -0.25) is 19.8 Å². The molecule has 2 rings (SSSR count). The maximum Gasteiger partial charge on any atom is 0.266 e. The van der Waals surface area contributed by atoms with Crippen LogP contribution >= 0.6 is 24.0 Å². The summed E-state index contributed by atoms with van der Waals surface area (Å²) in [5.74, 6) is -1.28. The first-order valence-corrected chi connectivity index (χ1v) is 7.51. The number of thiocarbonyl (C=S) groups is 1. The Morgan fingerprint density at radius 2 is 2.22 bits per heavy atom. The highest BCUT2D eigenvalue weighted by Gasteiger charge is 2.31. The van der Waals surface area contributed by atoms with Gasteiger partial charge in [0.15, 0.2) is 0 Å². The number of nitro benzene ring substituents is 1. The summed E-state index contributed by atoms with van der Waals surface area (Å²) in [6.07, 6.45) is 2.99. The van der Waals surface area contributed by atoms with Gasteiger partial charge >= 0.3 is 0 Å². The van der Waals surface area contributed by atoms with Crippen molar-refractivity contribution in [1.29, 1.82) is 0 Å². The Hall–Kier alpha value is -2.39. The van der Waals surface area contributed by atoms with Crippen molar-refractivity contribution >= 4 is 46.0 Å². The molecule has 1 heterocycles. The number of methoxy groups -OCH3 is 1. The average molecular weight is 351 g/mol. The van der Waals surface area contributed by atoms with E-state index in [1.54, 1.807) is 6.08 Å². The maximum atomic E-state index is 12.2. The van der Waals surface area contributed by atoms with Gasteiger partial charge in [-0.05, 0) is 17.7 Å². The van der Waals surface area contributed by atoms with Gasteiger partial charge in [0.25, 0.3) is 11.6 Å². The highest BCUT2D eigenvalue weighted by atomic mass is 32.2. The number of thioether (sulfide) groups is 1. The predicted octanol–water partition coefficient (Wildman–Crippen LogP) is 2.06. The van der Waals surface area contributed by atoms with Gasteiger partial charge in [-0.25, -0.2) is 0 Å². The Labute approximate surface area is 141 Å². The molecule has 0 spiro atoms. The van der Waals surface area contributed by atoms with E-state index in [1.807, 2.05) is 0 Å². The van der Waals surface area contributed by atoms with Crippen molar-refractivity contribution in [2.45, 2.75) is 0 Å². The average Bonchev–Trinajstić information content (AvgIpc) is 2.76. The van der Waals surface area contributed by atoms with Gasteiger partial charge in [0.1, 0.15) is 10.1 Å². The van der Waals surface area contributed by atoms with Crippen LogP contribution in [0.3, 0.4) is 0 Å². The molecule has 1 saturated heterocycles. The number of nitro groups is 1. The van der Waals surface area contributed by atoms with Gasteiger partial charge in [-0.1, -0.05) is 30.1 Å². The molecule has 0 unspecified atom stereocenters. The molecule has 1 fully saturated rings. The second-order valence-electron chi connectivity index (χ2n) is 4.41. The van der Waals surface area contributed by atoms with Crippen molar-refractivity contribution in [2.75, 3.05) is 13.7 Å². The van der Waals surface area contributed by atoms with E-state index in [0.29, 0.717) is 14.8 Å². The molecule has 0 aromatic heterocycles. The number of hydrogen-bond acceptors (Lipinski definition) is 7. The first-order chi connectivity index (χ1) is 10.9. The maximum absolute atomic E-state index is 12.2. The molecule has 1 aliphatic heterocycles. The summed E-state index contributed by atoms with van der Waals surface area (Å²) in [5.41, 5.74) is -0.301. The molecular weight excluding hydrogens is 340 g/mol. The molecule has 120 valence electrons. The second kappa shape index (κ2) is 6.80. The van der Waals surface area contributed by atoms with E-state index in [-0.39, 0.29) is 18.2 Å². The molecule has 0 radical (unpaired) electrons. The van der Waals surface area contributed by atoms with Crippen molar-refractivity contribution < 1.29 is 19.6 Å². The summed E-state index contributed by atoms with van der Waals surface area (Å²) >= 11 is 6.19. The van der Waals surface area contributed by atoms with Crippen LogP contribution in [0, 0.1) is 10.1 Å². The van der Waals surface area contributed by atoms with Gasteiger partial charge in [0.05, 0.1) is 16.9 Å². The number of carbonyl (C=O) groups excluding carboxylic acids is 1. The number of nitrogens with zero attached hydrogens (tertiary/aromatic N) is 2. The number of hydrogen-bond donors (Lipinski definition) is 0. The lowest BCUT2D eigenvalue weighted by molar-refractivity contribution is -0.398. The first kappa shape index (κ1) is 17.0. The molecule has 0 N–H and O–H groups in total. The number of carbonyl (C=O) groups is 1. The van der Waals surface area contributed by atoms with Gasteiger partial charge in [0.2, 0.25) is 0 Å². The minimum absolute atomic E-state index is 0.160. The molecule has 7 nitrogen and oxygen atoms in total. The third-order valence-corrected chi connectivity index (χ3v) is 4.33. The van der Waals surface area contributed by atoms with Gasteiger partial charge in [0, 0.05) is 18.4 Å². The van der Waals surface area contributed by atoms with Crippen LogP contribution in [0.5, 0.6) is 11.5 Å². The molecule has 0 bridgehead atoms. The molecular formula is C14H11N2O5S2-. The lowest BCUT2D eigenvalue weighted by atomic mass is 10.1. The Morgan fingerprint density at radius 1 is 1.52 bits per heavy atom. The van der Waals surface area contributed by atoms with Crippen molar-refractivity contribution in [1.82, 2.24) is 4.90 Å². The Morgan fingerprint density at radius 3 is 2.78 bits per heavy atom. The molecule has 0 aliphatic carbocycles. The molecule has 1 aromatic carbocycles. The highest BCUT2D eigenvalue weighted by Crippen LogP contribution is 2.37. The highest BCUT2D eigenvalue weighted by molar-refractivity contribution is 8.26. The fraction of sp³-hybridized carbons (Fsp3) is 0.143.